The molecule has 11 heteroatoms. The van der Waals surface area contributed by atoms with Crippen molar-refractivity contribution in [3.05, 3.63) is 58.1 Å². The topological polar surface area (TPSA) is 92.3 Å². The van der Waals surface area contributed by atoms with Crippen LogP contribution >= 0.6 is 34.5 Å². The molecule has 1 atom stereocenters. The molecule has 0 saturated carbocycles. The van der Waals surface area contributed by atoms with Gasteiger partial charge >= 0.3 is 0 Å². The highest BCUT2D eigenvalue weighted by atomic mass is 35.5. The lowest BCUT2D eigenvalue weighted by molar-refractivity contribution is -0.116. The molecule has 1 heterocycles. The van der Waals surface area contributed by atoms with Gasteiger partial charge in [-0.2, -0.15) is 0 Å². The van der Waals surface area contributed by atoms with Crippen LogP contribution in [0.2, 0.25) is 10.0 Å². The molecule has 1 aromatic heterocycles. The number of rotatable bonds is 6. The Kier molecular flexibility index (Phi) is 6.66. The number of halogens is 2. The summed E-state index contributed by atoms with van der Waals surface area (Å²) >= 11 is 13.2. The predicted molar refractivity (Wildman–Crippen MR) is 122 cm³/mol. The van der Waals surface area contributed by atoms with Crippen LogP contribution in [0, 0.1) is 6.92 Å². The fraction of sp³-hybridized carbons (Fsp3) is 0.211. The number of hydrogen-bond acceptors (Lipinski definition) is 6. The molecule has 1 N–H and O–H groups in total. The summed E-state index contributed by atoms with van der Waals surface area (Å²) in [6.45, 7) is 3.30. The van der Waals surface area contributed by atoms with Gasteiger partial charge in [-0.3, -0.25) is 14.4 Å². The van der Waals surface area contributed by atoms with Gasteiger partial charge in [-0.1, -0.05) is 52.7 Å². The third kappa shape index (κ3) is 5.10. The lowest BCUT2D eigenvalue weighted by Gasteiger charge is -2.28. The van der Waals surface area contributed by atoms with E-state index in [9.17, 15) is 13.2 Å². The van der Waals surface area contributed by atoms with E-state index in [2.05, 4.69) is 15.5 Å². The van der Waals surface area contributed by atoms with Crippen molar-refractivity contribution in [2.45, 2.75) is 19.9 Å². The minimum absolute atomic E-state index is 0.257. The van der Waals surface area contributed by atoms with E-state index >= 15 is 0 Å². The summed E-state index contributed by atoms with van der Waals surface area (Å²) in [7, 11) is -3.76. The van der Waals surface area contributed by atoms with Crippen LogP contribution in [0.15, 0.2) is 42.5 Å². The Labute approximate surface area is 188 Å². The van der Waals surface area contributed by atoms with E-state index in [1.54, 1.807) is 43.3 Å². The molecule has 0 unspecified atom stereocenters. The van der Waals surface area contributed by atoms with Crippen molar-refractivity contribution in [3.8, 4) is 10.6 Å². The van der Waals surface area contributed by atoms with E-state index in [0.717, 1.165) is 21.7 Å². The van der Waals surface area contributed by atoms with Crippen LogP contribution in [-0.4, -0.2) is 36.8 Å². The zero-order chi connectivity index (χ0) is 22.1. The van der Waals surface area contributed by atoms with Crippen LogP contribution in [0.3, 0.4) is 0 Å². The lowest BCUT2D eigenvalue weighted by atomic mass is 10.2. The first-order valence-corrected chi connectivity index (χ1v) is 12.1. The molecule has 3 aromatic rings. The quantitative estimate of drug-likeness (QED) is 0.551. The predicted octanol–water partition coefficient (Wildman–Crippen LogP) is 4.61. The Morgan fingerprint density at radius 2 is 1.80 bits per heavy atom. The summed E-state index contributed by atoms with van der Waals surface area (Å²) < 4.78 is 25.8. The number of aryl methyl sites for hydroxylation is 1. The van der Waals surface area contributed by atoms with Gasteiger partial charge in [0.2, 0.25) is 21.1 Å². The zero-order valence-electron chi connectivity index (χ0n) is 16.3. The number of anilines is 2. The number of nitrogens with zero attached hydrogens (tertiary/aromatic N) is 3. The monoisotopic (exact) mass is 484 g/mol. The Morgan fingerprint density at radius 1 is 1.13 bits per heavy atom. The second-order valence-electron chi connectivity index (χ2n) is 6.58. The van der Waals surface area contributed by atoms with Crippen LogP contribution in [0.4, 0.5) is 10.8 Å². The molecule has 158 valence electrons. The van der Waals surface area contributed by atoms with Crippen LogP contribution in [0.5, 0.6) is 0 Å². The van der Waals surface area contributed by atoms with Crippen molar-refractivity contribution in [3.63, 3.8) is 0 Å². The maximum Gasteiger partial charge on any atom is 0.249 e. The second kappa shape index (κ2) is 8.89. The fourth-order valence-corrected chi connectivity index (χ4v) is 4.94. The minimum atomic E-state index is -3.76. The van der Waals surface area contributed by atoms with Crippen LogP contribution in [0.25, 0.3) is 10.6 Å². The number of amides is 1. The first-order valence-electron chi connectivity index (χ1n) is 8.72. The van der Waals surface area contributed by atoms with Gasteiger partial charge in [-0.25, -0.2) is 8.42 Å². The molecular weight excluding hydrogens is 467 g/mol. The van der Waals surface area contributed by atoms with E-state index in [0.29, 0.717) is 20.7 Å². The summed E-state index contributed by atoms with van der Waals surface area (Å²) in [6, 6.07) is 10.8. The largest absolute Gasteiger partial charge is 0.299 e. The van der Waals surface area contributed by atoms with Gasteiger partial charge in [0.25, 0.3) is 0 Å². The number of carbonyl (C=O) groups is 1. The summed E-state index contributed by atoms with van der Waals surface area (Å²) in [5.74, 6) is -0.545. The van der Waals surface area contributed by atoms with Crippen molar-refractivity contribution < 1.29 is 13.2 Å². The zero-order valence-corrected chi connectivity index (χ0v) is 19.4. The number of hydrogen-bond donors (Lipinski definition) is 1. The number of carbonyl (C=O) groups excluding carboxylic acids is 1. The van der Waals surface area contributed by atoms with Gasteiger partial charge < -0.3 is 0 Å². The Balaban J connectivity index is 1.82. The molecule has 3 rings (SSSR count). The molecule has 0 aliphatic rings. The molecule has 0 radical (unpaired) electrons. The highest BCUT2D eigenvalue weighted by Gasteiger charge is 2.30. The second-order valence-corrected chi connectivity index (χ2v) is 10.3. The highest BCUT2D eigenvalue weighted by molar-refractivity contribution is 7.92. The van der Waals surface area contributed by atoms with E-state index in [1.807, 2.05) is 0 Å². The van der Waals surface area contributed by atoms with Gasteiger partial charge in [0, 0.05) is 15.6 Å². The number of sulfonamides is 1. The fourth-order valence-electron chi connectivity index (χ4n) is 2.72. The van der Waals surface area contributed by atoms with Gasteiger partial charge in [0.15, 0.2) is 0 Å². The lowest BCUT2D eigenvalue weighted by Crippen LogP contribution is -2.45. The molecule has 2 aromatic carbocycles. The molecule has 0 fully saturated rings. The van der Waals surface area contributed by atoms with Crippen molar-refractivity contribution >= 4 is 61.3 Å². The molecule has 7 nitrogen and oxygen atoms in total. The van der Waals surface area contributed by atoms with Crippen molar-refractivity contribution in [2.24, 2.45) is 0 Å². The molecular formula is C19H18Cl2N4O3S2. The maximum absolute atomic E-state index is 12.8. The van der Waals surface area contributed by atoms with E-state index in [-0.39, 0.29) is 5.13 Å². The van der Waals surface area contributed by atoms with E-state index < -0.39 is 22.0 Å². The molecule has 0 spiro atoms. The normalized spacial score (nSPS) is 12.4. The van der Waals surface area contributed by atoms with Gasteiger partial charge in [0.1, 0.15) is 11.0 Å². The van der Waals surface area contributed by atoms with E-state index in [4.69, 9.17) is 23.2 Å². The van der Waals surface area contributed by atoms with Crippen LogP contribution < -0.4 is 9.62 Å². The standard InChI is InChI=1S/C19H18Cl2N4O3S2/c1-11-4-9-15(10-16(11)21)25(30(3,27)28)12(2)17(26)22-19-24-23-18(29-19)13-5-7-14(20)8-6-13/h4-10,12H,1-3H3,(H,22,24,26)/t12-/m0/s1. The molecule has 0 saturated heterocycles. The molecule has 0 aliphatic carbocycles. The van der Waals surface area contributed by atoms with Crippen molar-refractivity contribution in [1.29, 1.82) is 0 Å². The van der Waals surface area contributed by atoms with Crippen molar-refractivity contribution in [2.75, 3.05) is 15.9 Å². The first kappa shape index (κ1) is 22.5. The average Bonchev–Trinajstić information content (AvgIpc) is 3.12. The highest BCUT2D eigenvalue weighted by Crippen LogP contribution is 2.29. The molecule has 30 heavy (non-hydrogen) atoms. The number of benzene rings is 2. The molecule has 0 aliphatic heterocycles. The first-order chi connectivity index (χ1) is 14.1. The van der Waals surface area contributed by atoms with Gasteiger partial charge in [-0.05, 0) is 43.7 Å². The molecule has 1 amide bonds. The Bertz CT molecular complexity index is 1180. The number of aromatic nitrogens is 2. The Hall–Kier alpha value is -2.20. The average molecular weight is 485 g/mol. The third-order valence-electron chi connectivity index (χ3n) is 4.24. The van der Waals surface area contributed by atoms with E-state index in [1.165, 1.54) is 24.3 Å². The summed E-state index contributed by atoms with van der Waals surface area (Å²) in [5.41, 5.74) is 1.90. The Morgan fingerprint density at radius 3 is 2.40 bits per heavy atom. The van der Waals surface area contributed by atoms with Gasteiger partial charge in [-0.15, -0.1) is 10.2 Å². The summed E-state index contributed by atoms with van der Waals surface area (Å²) in [6.07, 6.45) is 1.04. The molecule has 0 bridgehead atoms. The van der Waals surface area contributed by atoms with Crippen LogP contribution in [0.1, 0.15) is 12.5 Å². The van der Waals surface area contributed by atoms with Crippen LogP contribution in [-0.2, 0) is 14.8 Å². The summed E-state index contributed by atoms with van der Waals surface area (Å²) in [5, 5.41) is 12.5. The third-order valence-corrected chi connectivity index (χ3v) is 7.03. The van der Waals surface area contributed by atoms with Gasteiger partial charge in [0.05, 0.1) is 11.9 Å². The maximum atomic E-state index is 12.8. The van der Waals surface area contributed by atoms with Crippen molar-refractivity contribution in [1.82, 2.24) is 10.2 Å². The minimum Gasteiger partial charge on any atom is -0.299 e. The summed E-state index contributed by atoms with van der Waals surface area (Å²) in [4.78, 5) is 12.8. The smallest absolute Gasteiger partial charge is 0.249 e. The SMILES string of the molecule is Cc1ccc(N([C@@H](C)C(=O)Nc2nnc(-c3ccc(Cl)cc3)s2)S(C)(=O)=O)cc1Cl. The number of nitrogens with one attached hydrogen (secondary N) is 1.